The molecule has 0 heterocycles. The monoisotopic (exact) mass is 334 g/mol. The van der Waals surface area contributed by atoms with Crippen molar-refractivity contribution in [2.75, 3.05) is 11.9 Å². The summed E-state index contributed by atoms with van der Waals surface area (Å²) in [6.45, 7) is 1.81. The van der Waals surface area contributed by atoms with Crippen LogP contribution in [-0.4, -0.2) is 17.6 Å². The number of anilines is 1. The molecule has 0 fully saturated rings. The van der Waals surface area contributed by atoms with Crippen molar-refractivity contribution in [2.24, 2.45) is 0 Å². The number of hydrogen-bond donors (Lipinski definition) is 2. The highest BCUT2D eigenvalue weighted by atomic mass is 35.5. The van der Waals surface area contributed by atoms with Gasteiger partial charge in [-0.1, -0.05) is 35.9 Å². The number of rotatable bonds is 4. The fourth-order valence-electron chi connectivity index (χ4n) is 1.75. The molecule has 0 unspecified atom stereocenters. The quantitative estimate of drug-likeness (QED) is 0.840. The SMILES string of the molecule is Cc1ccccc1OCC(=O)NC(=S)Nc1cccc(Cl)c1. The molecule has 114 valence electrons. The predicted octanol–water partition coefficient (Wildman–Crippen LogP) is 3.54. The molecule has 2 N–H and O–H groups in total. The van der Waals surface area contributed by atoms with E-state index >= 15 is 0 Å². The van der Waals surface area contributed by atoms with Gasteiger partial charge >= 0.3 is 0 Å². The van der Waals surface area contributed by atoms with Crippen LogP contribution in [-0.2, 0) is 4.79 Å². The van der Waals surface area contributed by atoms with Crippen LogP contribution in [0.4, 0.5) is 5.69 Å². The average Bonchev–Trinajstić information content (AvgIpc) is 2.46. The van der Waals surface area contributed by atoms with Crippen LogP contribution in [0.3, 0.4) is 0 Å². The number of ether oxygens (including phenoxy) is 1. The molecule has 1 amide bonds. The Balaban J connectivity index is 1.82. The summed E-state index contributed by atoms with van der Waals surface area (Å²) in [5.74, 6) is 0.342. The van der Waals surface area contributed by atoms with Gasteiger partial charge in [-0.05, 0) is 49.0 Å². The summed E-state index contributed by atoms with van der Waals surface area (Å²) in [4.78, 5) is 11.8. The van der Waals surface area contributed by atoms with Gasteiger partial charge in [-0.2, -0.15) is 0 Å². The molecule has 0 aromatic heterocycles. The van der Waals surface area contributed by atoms with E-state index in [1.807, 2.05) is 31.2 Å². The zero-order valence-electron chi connectivity index (χ0n) is 11.9. The second-order valence-electron chi connectivity index (χ2n) is 4.57. The fourth-order valence-corrected chi connectivity index (χ4v) is 2.17. The molecule has 0 atom stereocenters. The number of aryl methyl sites for hydroxylation is 1. The van der Waals surface area contributed by atoms with Crippen LogP contribution in [0.1, 0.15) is 5.56 Å². The van der Waals surface area contributed by atoms with Gasteiger partial charge in [-0.25, -0.2) is 0 Å². The lowest BCUT2D eigenvalue weighted by Crippen LogP contribution is -2.37. The first-order valence-corrected chi connectivity index (χ1v) is 7.38. The van der Waals surface area contributed by atoms with Gasteiger partial charge in [-0.3, -0.25) is 10.1 Å². The summed E-state index contributed by atoms with van der Waals surface area (Å²) in [5, 5.41) is 6.21. The lowest BCUT2D eigenvalue weighted by atomic mass is 10.2. The van der Waals surface area contributed by atoms with E-state index in [1.165, 1.54) is 0 Å². The molecule has 0 saturated heterocycles. The maximum Gasteiger partial charge on any atom is 0.264 e. The third kappa shape index (κ3) is 5.02. The average molecular weight is 335 g/mol. The summed E-state index contributed by atoms with van der Waals surface area (Å²) in [6.07, 6.45) is 0. The first-order chi connectivity index (χ1) is 10.5. The molecule has 0 aliphatic rings. The smallest absolute Gasteiger partial charge is 0.264 e. The van der Waals surface area contributed by atoms with Crippen molar-refractivity contribution in [3.05, 3.63) is 59.1 Å². The minimum absolute atomic E-state index is 0.109. The second-order valence-corrected chi connectivity index (χ2v) is 5.41. The maximum absolute atomic E-state index is 11.8. The van der Waals surface area contributed by atoms with Crippen LogP contribution in [0.5, 0.6) is 5.75 Å². The van der Waals surface area contributed by atoms with Crippen LogP contribution in [0.2, 0.25) is 5.02 Å². The van der Waals surface area contributed by atoms with E-state index in [0.29, 0.717) is 16.5 Å². The number of nitrogens with one attached hydrogen (secondary N) is 2. The number of carbonyl (C=O) groups excluding carboxylic acids is 1. The molecule has 0 saturated carbocycles. The Kier molecular flexibility index (Phi) is 5.75. The van der Waals surface area contributed by atoms with Gasteiger partial charge in [0.1, 0.15) is 5.75 Å². The van der Waals surface area contributed by atoms with Gasteiger partial charge < -0.3 is 10.1 Å². The number of benzene rings is 2. The molecule has 0 spiro atoms. The van der Waals surface area contributed by atoms with Gasteiger partial charge in [-0.15, -0.1) is 0 Å². The molecule has 0 radical (unpaired) electrons. The van der Waals surface area contributed by atoms with Crippen molar-refractivity contribution in [3.63, 3.8) is 0 Å². The highest BCUT2D eigenvalue weighted by molar-refractivity contribution is 7.80. The fraction of sp³-hybridized carbons (Fsp3) is 0.125. The Morgan fingerprint density at radius 3 is 2.73 bits per heavy atom. The maximum atomic E-state index is 11.8. The summed E-state index contributed by atoms with van der Waals surface area (Å²) in [6, 6.07) is 14.5. The standard InChI is InChI=1S/C16H15ClN2O2S/c1-11-5-2-3-8-14(11)21-10-15(20)19-16(22)18-13-7-4-6-12(17)9-13/h2-9H,10H2,1H3,(H2,18,19,20,22). The Labute approximate surface area is 139 Å². The number of hydrogen-bond acceptors (Lipinski definition) is 3. The van der Waals surface area contributed by atoms with Crippen LogP contribution in [0.25, 0.3) is 0 Å². The van der Waals surface area contributed by atoms with Crippen LogP contribution < -0.4 is 15.4 Å². The molecule has 0 aliphatic carbocycles. The molecule has 2 rings (SSSR count). The summed E-state index contributed by atoms with van der Waals surface area (Å²) >= 11 is 10.9. The zero-order chi connectivity index (χ0) is 15.9. The van der Waals surface area contributed by atoms with Crippen molar-refractivity contribution >= 4 is 40.5 Å². The van der Waals surface area contributed by atoms with E-state index in [2.05, 4.69) is 10.6 Å². The number of halogens is 1. The summed E-state index contributed by atoms with van der Waals surface area (Å²) in [5.41, 5.74) is 1.67. The van der Waals surface area contributed by atoms with E-state index in [9.17, 15) is 4.79 Å². The van der Waals surface area contributed by atoms with E-state index < -0.39 is 0 Å². The largest absolute Gasteiger partial charge is 0.483 e. The molecular weight excluding hydrogens is 320 g/mol. The first kappa shape index (κ1) is 16.3. The first-order valence-electron chi connectivity index (χ1n) is 6.59. The number of para-hydroxylation sites is 1. The summed E-state index contributed by atoms with van der Waals surface area (Å²) in [7, 11) is 0. The topological polar surface area (TPSA) is 50.4 Å². The Bertz CT molecular complexity index is 691. The van der Waals surface area contributed by atoms with E-state index in [-0.39, 0.29) is 17.6 Å². The highest BCUT2D eigenvalue weighted by Crippen LogP contribution is 2.16. The third-order valence-electron chi connectivity index (χ3n) is 2.79. The van der Waals surface area contributed by atoms with Crippen molar-refractivity contribution in [1.29, 1.82) is 0 Å². The van der Waals surface area contributed by atoms with E-state index in [1.54, 1.807) is 24.3 Å². The van der Waals surface area contributed by atoms with Gasteiger partial charge in [0.05, 0.1) is 0 Å². The summed E-state index contributed by atoms with van der Waals surface area (Å²) < 4.78 is 5.45. The predicted molar refractivity (Wildman–Crippen MR) is 92.5 cm³/mol. The Morgan fingerprint density at radius 2 is 2.00 bits per heavy atom. The lowest BCUT2D eigenvalue weighted by Gasteiger charge is -2.11. The second kappa shape index (κ2) is 7.77. The molecule has 4 nitrogen and oxygen atoms in total. The molecule has 22 heavy (non-hydrogen) atoms. The Morgan fingerprint density at radius 1 is 1.23 bits per heavy atom. The minimum Gasteiger partial charge on any atom is -0.483 e. The molecule has 0 aliphatic heterocycles. The normalized spacial score (nSPS) is 9.91. The molecule has 6 heteroatoms. The van der Waals surface area contributed by atoms with Crippen LogP contribution >= 0.6 is 23.8 Å². The van der Waals surface area contributed by atoms with Gasteiger partial charge in [0.15, 0.2) is 11.7 Å². The number of carbonyl (C=O) groups is 1. The number of amides is 1. The number of thiocarbonyl (C=S) groups is 1. The molecular formula is C16H15ClN2O2S. The lowest BCUT2D eigenvalue weighted by molar-refractivity contribution is -0.121. The zero-order valence-corrected chi connectivity index (χ0v) is 13.5. The van der Waals surface area contributed by atoms with E-state index in [0.717, 1.165) is 5.56 Å². The molecule has 0 bridgehead atoms. The molecule has 2 aromatic rings. The van der Waals surface area contributed by atoms with Crippen molar-refractivity contribution < 1.29 is 9.53 Å². The van der Waals surface area contributed by atoms with Gasteiger partial charge in [0.25, 0.3) is 5.91 Å². The van der Waals surface area contributed by atoms with Crippen LogP contribution in [0.15, 0.2) is 48.5 Å². The van der Waals surface area contributed by atoms with Crippen LogP contribution in [0, 0.1) is 6.92 Å². The third-order valence-corrected chi connectivity index (χ3v) is 3.23. The Hall–Kier alpha value is -2.11. The minimum atomic E-state index is -0.331. The van der Waals surface area contributed by atoms with Crippen molar-refractivity contribution in [1.82, 2.24) is 5.32 Å². The van der Waals surface area contributed by atoms with Crippen molar-refractivity contribution in [2.45, 2.75) is 6.92 Å². The molecule has 2 aromatic carbocycles. The highest BCUT2D eigenvalue weighted by Gasteiger charge is 2.07. The van der Waals surface area contributed by atoms with E-state index in [4.69, 9.17) is 28.6 Å². The van der Waals surface area contributed by atoms with Crippen molar-refractivity contribution in [3.8, 4) is 5.75 Å². The van der Waals surface area contributed by atoms with Gasteiger partial charge in [0, 0.05) is 10.7 Å². The van der Waals surface area contributed by atoms with Gasteiger partial charge in [0.2, 0.25) is 0 Å².